The Balaban J connectivity index is 1.65. The minimum atomic E-state index is 0.158. The molecule has 0 aliphatic carbocycles. The topological polar surface area (TPSA) is 51.7 Å². The quantitative estimate of drug-likeness (QED) is 0.729. The summed E-state index contributed by atoms with van der Waals surface area (Å²) >= 11 is 5.90. The standard InChI is InChI=1S/C19H21ClN2O3/c1-2-24-19-17(13-23)18(7-10-21-19)22-11-8-16(9-12-22)25-15-5-3-14(20)4-6-15/h3-7,10,13,16H,2,8-9,11-12H2,1H3. The second-order valence-electron chi connectivity index (χ2n) is 5.86. The molecule has 0 spiro atoms. The summed E-state index contributed by atoms with van der Waals surface area (Å²) in [6, 6.07) is 9.29. The maximum atomic E-state index is 11.5. The number of carbonyl (C=O) groups is 1. The van der Waals surface area contributed by atoms with Crippen LogP contribution in [0, 0.1) is 0 Å². The first-order valence-corrected chi connectivity index (χ1v) is 8.83. The fourth-order valence-electron chi connectivity index (χ4n) is 3.00. The van der Waals surface area contributed by atoms with Crippen molar-refractivity contribution in [3.63, 3.8) is 0 Å². The number of aldehydes is 1. The van der Waals surface area contributed by atoms with Crippen molar-refractivity contribution in [3.05, 3.63) is 47.1 Å². The van der Waals surface area contributed by atoms with Crippen molar-refractivity contribution in [1.29, 1.82) is 0 Å². The maximum absolute atomic E-state index is 11.5. The van der Waals surface area contributed by atoms with E-state index in [0.717, 1.165) is 43.7 Å². The molecule has 1 aliphatic heterocycles. The van der Waals surface area contributed by atoms with Crippen LogP contribution in [0.15, 0.2) is 36.5 Å². The number of rotatable bonds is 6. The molecule has 0 amide bonds. The summed E-state index contributed by atoms with van der Waals surface area (Å²) in [6.45, 7) is 3.99. The average Bonchev–Trinajstić information content (AvgIpc) is 2.64. The molecular formula is C19H21ClN2O3. The van der Waals surface area contributed by atoms with Crippen LogP contribution < -0.4 is 14.4 Å². The molecular weight excluding hydrogens is 340 g/mol. The first-order valence-electron chi connectivity index (χ1n) is 8.45. The van der Waals surface area contributed by atoms with Gasteiger partial charge in [0.1, 0.15) is 11.9 Å². The van der Waals surface area contributed by atoms with E-state index in [9.17, 15) is 4.79 Å². The molecule has 1 aliphatic rings. The van der Waals surface area contributed by atoms with E-state index in [1.807, 2.05) is 37.3 Å². The molecule has 1 saturated heterocycles. The van der Waals surface area contributed by atoms with E-state index in [0.29, 0.717) is 23.1 Å². The van der Waals surface area contributed by atoms with Crippen LogP contribution in [0.25, 0.3) is 0 Å². The van der Waals surface area contributed by atoms with E-state index < -0.39 is 0 Å². The van der Waals surface area contributed by atoms with E-state index in [-0.39, 0.29) is 6.10 Å². The average molecular weight is 361 g/mol. The van der Waals surface area contributed by atoms with Crippen LogP contribution in [0.3, 0.4) is 0 Å². The smallest absolute Gasteiger partial charge is 0.226 e. The van der Waals surface area contributed by atoms with Crippen molar-refractivity contribution in [1.82, 2.24) is 4.98 Å². The predicted octanol–water partition coefficient (Wildman–Crippen LogP) is 3.99. The lowest BCUT2D eigenvalue weighted by Gasteiger charge is -2.34. The Morgan fingerprint density at radius 2 is 1.96 bits per heavy atom. The molecule has 0 saturated carbocycles. The minimum Gasteiger partial charge on any atom is -0.490 e. The number of nitrogens with zero attached hydrogens (tertiary/aromatic N) is 2. The zero-order valence-corrected chi connectivity index (χ0v) is 14.9. The minimum absolute atomic E-state index is 0.158. The van der Waals surface area contributed by atoms with E-state index >= 15 is 0 Å². The van der Waals surface area contributed by atoms with E-state index in [1.54, 1.807) is 6.20 Å². The van der Waals surface area contributed by atoms with Crippen LogP contribution >= 0.6 is 11.6 Å². The van der Waals surface area contributed by atoms with Crippen molar-refractivity contribution in [2.75, 3.05) is 24.6 Å². The Bertz CT molecular complexity index is 713. The number of halogens is 1. The van der Waals surface area contributed by atoms with Gasteiger partial charge in [0.15, 0.2) is 6.29 Å². The van der Waals surface area contributed by atoms with Crippen molar-refractivity contribution in [2.45, 2.75) is 25.9 Å². The van der Waals surface area contributed by atoms with Gasteiger partial charge in [0.25, 0.3) is 0 Å². The molecule has 2 aromatic rings. The Morgan fingerprint density at radius 1 is 1.24 bits per heavy atom. The summed E-state index contributed by atoms with van der Waals surface area (Å²) < 4.78 is 11.5. The first kappa shape index (κ1) is 17.5. The van der Waals surface area contributed by atoms with Gasteiger partial charge in [-0.3, -0.25) is 4.79 Å². The highest BCUT2D eigenvalue weighted by Crippen LogP contribution is 2.29. The number of piperidine rings is 1. The molecule has 25 heavy (non-hydrogen) atoms. The van der Waals surface area contributed by atoms with Crippen LogP contribution in [-0.2, 0) is 0 Å². The first-order chi connectivity index (χ1) is 12.2. The van der Waals surface area contributed by atoms with Crippen LogP contribution in [0.2, 0.25) is 5.02 Å². The summed E-state index contributed by atoms with van der Waals surface area (Å²) in [7, 11) is 0. The van der Waals surface area contributed by atoms with Gasteiger partial charge in [-0.1, -0.05) is 11.6 Å². The number of benzene rings is 1. The van der Waals surface area contributed by atoms with Crippen LogP contribution in [0.1, 0.15) is 30.1 Å². The highest BCUT2D eigenvalue weighted by Gasteiger charge is 2.23. The summed E-state index contributed by atoms with van der Waals surface area (Å²) in [5.41, 5.74) is 1.39. The van der Waals surface area contributed by atoms with Crippen molar-refractivity contribution >= 4 is 23.6 Å². The summed E-state index contributed by atoms with van der Waals surface area (Å²) in [5.74, 6) is 1.23. The zero-order chi connectivity index (χ0) is 17.6. The van der Waals surface area contributed by atoms with Crippen LogP contribution in [-0.4, -0.2) is 37.1 Å². The molecule has 0 bridgehead atoms. The van der Waals surface area contributed by atoms with E-state index in [2.05, 4.69) is 9.88 Å². The third-order valence-corrected chi connectivity index (χ3v) is 4.48. The van der Waals surface area contributed by atoms with E-state index in [4.69, 9.17) is 21.1 Å². The van der Waals surface area contributed by atoms with Crippen LogP contribution in [0.5, 0.6) is 11.6 Å². The molecule has 2 heterocycles. The van der Waals surface area contributed by atoms with Crippen LogP contribution in [0.4, 0.5) is 5.69 Å². The van der Waals surface area contributed by atoms with Crippen molar-refractivity contribution < 1.29 is 14.3 Å². The molecule has 0 atom stereocenters. The predicted molar refractivity (Wildman–Crippen MR) is 98.1 cm³/mol. The Kier molecular flexibility index (Phi) is 5.76. The Hall–Kier alpha value is -2.27. The fourth-order valence-corrected chi connectivity index (χ4v) is 3.13. The lowest BCUT2D eigenvalue weighted by molar-refractivity contribution is 0.111. The molecule has 3 rings (SSSR count). The highest BCUT2D eigenvalue weighted by atomic mass is 35.5. The molecule has 0 N–H and O–H groups in total. The summed E-state index contributed by atoms with van der Waals surface area (Å²) in [4.78, 5) is 17.9. The second-order valence-corrected chi connectivity index (χ2v) is 6.29. The summed E-state index contributed by atoms with van der Waals surface area (Å²) in [5, 5.41) is 0.700. The van der Waals surface area contributed by atoms with Gasteiger partial charge in [-0.2, -0.15) is 0 Å². The Morgan fingerprint density at radius 3 is 2.60 bits per heavy atom. The van der Waals surface area contributed by atoms with Gasteiger partial charge >= 0.3 is 0 Å². The molecule has 0 unspecified atom stereocenters. The third kappa shape index (κ3) is 4.23. The van der Waals surface area contributed by atoms with Crippen molar-refractivity contribution in [3.8, 4) is 11.6 Å². The van der Waals surface area contributed by atoms with Gasteiger partial charge < -0.3 is 14.4 Å². The lowest BCUT2D eigenvalue weighted by Crippen LogP contribution is -2.38. The van der Waals surface area contributed by atoms with Gasteiger partial charge in [-0.05, 0) is 37.3 Å². The molecule has 5 nitrogen and oxygen atoms in total. The Labute approximate surface area is 152 Å². The lowest BCUT2D eigenvalue weighted by atomic mass is 10.1. The third-order valence-electron chi connectivity index (χ3n) is 4.23. The molecule has 1 aromatic heterocycles. The van der Waals surface area contributed by atoms with Gasteiger partial charge in [-0.15, -0.1) is 0 Å². The number of aromatic nitrogens is 1. The number of ether oxygens (including phenoxy) is 2. The normalized spacial score (nSPS) is 15.0. The molecule has 1 fully saturated rings. The largest absolute Gasteiger partial charge is 0.490 e. The number of hydrogen-bond donors (Lipinski definition) is 0. The molecule has 1 aromatic carbocycles. The number of carbonyl (C=O) groups excluding carboxylic acids is 1. The van der Waals surface area contributed by atoms with Gasteiger partial charge in [0, 0.05) is 37.2 Å². The number of anilines is 1. The van der Waals surface area contributed by atoms with Crippen molar-refractivity contribution in [2.24, 2.45) is 0 Å². The molecule has 0 radical (unpaired) electrons. The van der Waals surface area contributed by atoms with Gasteiger partial charge in [-0.25, -0.2) is 4.98 Å². The van der Waals surface area contributed by atoms with E-state index in [1.165, 1.54) is 0 Å². The van der Waals surface area contributed by atoms with Gasteiger partial charge in [0.05, 0.1) is 17.9 Å². The monoisotopic (exact) mass is 360 g/mol. The fraction of sp³-hybridized carbons (Fsp3) is 0.368. The maximum Gasteiger partial charge on any atom is 0.226 e. The van der Waals surface area contributed by atoms with Gasteiger partial charge in [0.2, 0.25) is 5.88 Å². The highest BCUT2D eigenvalue weighted by molar-refractivity contribution is 6.30. The SMILES string of the molecule is CCOc1nccc(N2CCC(Oc3ccc(Cl)cc3)CC2)c1C=O. The second kappa shape index (κ2) is 8.21. The number of pyridine rings is 1. The summed E-state index contributed by atoms with van der Waals surface area (Å²) in [6.07, 6.45) is 4.43. The molecule has 6 heteroatoms. The molecule has 132 valence electrons. The number of hydrogen-bond acceptors (Lipinski definition) is 5. The zero-order valence-electron chi connectivity index (χ0n) is 14.2.